The number of rotatable bonds is 51. The number of unbranched alkanes of at least 4 members (excludes halogenated alkanes) is 26. The quantitative estimate of drug-likeness (QED) is 0.0262. The van der Waals surface area contributed by atoms with Crippen LogP contribution in [0.3, 0.4) is 0 Å². The first-order chi connectivity index (χ1) is 33.5. The van der Waals surface area contributed by atoms with Crippen molar-refractivity contribution in [3.05, 3.63) is 85.1 Å². The Balaban J connectivity index is 4.45. The number of carbonyl (C=O) groups is 3. The molecule has 0 saturated carbocycles. The minimum absolute atomic E-state index is 0.102. The van der Waals surface area contributed by atoms with Crippen molar-refractivity contribution in [3.63, 3.8) is 0 Å². The maximum Gasteiger partial charge on any atom is 0.306 e. The van der Waals surface area contributed by atoms with Crippen molar-refractivity contribution in [1.82, 2.24) is 0 Å². The maximum atomic E-state index is 12.8. The Bertz CT molecular complexity index is 1320. The van der Waals surface area contributed by atoms with Gasteiger partial charge in [-0.25, -0.2) is 0 Å². The van der Waals surface area contributed by atoms with Gasteiger partial charge in [-0.1, -0.05) is 254 Å². The van der Waals surface area contributed by atoms with Gasteiger partial charge in [0, 0.05) is 19.3 Å². The molecule has 0 rings (SSSR count). The Morgan fingerprint density at radius 2 is 0.603 bits per heavy atom. The summed E-state index contributed by atoms with van der Waals surface area (Å²) >= 11 is 0. The number of carbonyl (C=O) groups excluding carboxylic acids is 3. The molecule has 390 valence electrons. The summed E-state index contributed by atoms with van der Waals surface area (Å²) in [5, 5.41) is 0. The van der Waals surface area contributed by atoms with Gasteiger partial charge in [-0.2, -0.15) is 0 Å². The first-order valence-corrected chi connectivity index (χ1v) is 28.6. The molecule has 6 heteroatoms. The van der Waals surface area contributed by atoms with Gasteiger partial charge < -0.3 is 14.2 Å². The second kappa shape index (κ2) is 56.2. The van der Waals surface area contributed by atoms with Crippen LogP contribution >= 0.6 is 0 Å². The molecule has 0 aliphatic rings. The topological polar surface area (TPSA) is 78.9 Å². The minimum Gasteiger partial charge on any atom is -0.462 e. The van der Waals surface area contributed by atoms with Crippen molar-refractivity contribution in [3.8, 4) is 0 Å². The van der Waals surface area contributed by atoms with Gasteiger partial charge in [-0.3, -0.25) is 14.4 Å². The number of hydrogen-bond acceptors (Lipinski definition) is 6. The second-order valence-corrected chi connectivity index (χ2v) is 18.8. The molecule has 0 aliphatic carbocycles. The van der Waals surface area contributed by atoms with Crippen LogP contribution in [-0.2, 0) is 28.6 Å². The standard InChI is InChI=1S/C62H106O6/c1-4-7-10-13-16-19-22-25-28-30-31-33-34-37-40-43-46-49-52-55-61(64)67-58-59(57-66-60(63)54-51-48-45-42-39-36-27-24-21-18-15-12-9-6-3)68-62(65)56-53-50-47-44-41-38-35-32-29-26-23-20-17-14-11-8-5-2/h8,11,15,17-18,20,24,26-27,29,35,38,44,47,59H,4-7,9-10,12-14,16,19,21-23,25,28,30-34,36-37,39-43,45-46,48-58H2,1-3H3/b11-8+,18-15+,20-17+,27-24+,29-26+,38-35+,47-44+/t59-/m1/s1. The van der Waals surface area contributed by atoms with Crippen molar-refractivity contribution < 1.29 is 28.6 Å². The molecule has 0 saturated heterocycles. The van der Waals surface area contributed by atoms with Crippen LogP contribution in [0.25, 0.3) is 0 Å². The molecule has 0 aromatic carbocycles. The lowest BCUT2D eigenvalue weighted by molar-refractivity contribution is -0.167. The highest BCUT2D eigenvalue weighted by Crippen LogP contribution is 2.16. The second-order valence-electron chi connectivity index (χ2n) is 18.8. The lowest BCUT2D eigenvalue weighted by Gasteiger charge is -2.18. The Morgan fingerprint density at radius 1 is 0.309 bits per heavy atom. The molecule has 0 aromatic heterocycles. The lowest BCUT2D eigenvalue weighted by Crippen LogP contribution is -2.30. The van der Waals surface area contributed by atoms with Crippen LogP contribution < -0.4 is 0 Å². The van der Waals surface area contributed by atoms with Gasteiger partial charge in [0.1, 0.15) is 13.2 Å². The van der Waals surface area contributed by atoms with E-state index in [9.17, 15) is 14.4 Å². The van der Waals surface area contributed by atoms with E-state index in [1.807, 2.05) is 0 Å². The summed E-state index contributed by atoms with van der Waals surface area (Å²) < 4.78 is 16.8. The van der Waals surface area contributed by atoms with Crippen molar-refractivity contribution in [1.29, 1.82) is 0 Å². The molecule has 0 aromatic rings. The molecule has 0 N–H and O–H groups in total. The monoisotopic (exact) mass is 947 g/mol. The minimum atomic E-state index is -0.811. The highest BCUT2D eigenvalue weighted by atomic mass is 16.6. The van der Waals surface area contributed by atoms with Gasteiger partial charge in [-0.05, 0) is 83.5 Å². The molecule has 0 bridgehead atoms. The molecular weight excluding hydrogens is 841 g/mol. The fourth-order valence-corrected chi connectivity index (χ4v) is 7.85. The zero-order valence-electron chi connectivity index (χ0n) is 44.6. The van der Waals surface area contributed by atoms with Crippen molar-refractivity contribution in [2.45, 2.75) is 277 Å². The summed E-state index contributed by atoms with van der Waals surface area (Å²) in [4.78, 5) is 38.1. The molecular formula is C62H106O6. The third-order valence-electron chi connectivity index (χ3n) is 12.1. The predicted molar refractivity (Wildman–Crippen MR) is 293 cm³/mol. The highest BCUT2D eigenvalue weighted by molar-refractivity contribution is 5.71. The Kier molecular flexibility index (Phi) is 53.4. The Morgan fingerprint density at radius 3 is 0.985 bits per heavy atom. The number of hydrogen-bond donors (Lipinski definition) is 0. The van der Waals surface area contributed by atoms with Gasteiger partial charge >= 0.3 is 17.9 Å². The molecule has 68 heavy (non-hydrogen) atoms. The van der Waals surface area contributed by atoms with Crippen LogP contribution in [-0.4, -0.2) is 37.2 Å². The van der Waals surface area contributed by atoms with E-state index in [1.54, 1.807) is 0 Å². The average molecular weight is 948 g/mol. The average Bonchev–Trinajstić information content (AvgIpc) is 3.34. The molecule has 0 amide bonds. The van der Waals surface area contributed by atoms with Crippen molar-refractivity contribution >= 4 is 17.9 Å². The smallest absolute Gasteiger partial charge is 0.306 e. The normalized spacial score (nSPS) is 12.7. The Hall–Kier alpha value is -3.41. The van der Waals surface area contributed by atoms with Gasteiger partial charge in [0.2, 0.25) is 0 Å². The van der Waals surface area contributed by atoms with Gasteiger partial charge in [0.15, 0.2) is 6.10 Å². The number of ether oxygens (including phenoxy) is 3. The van der Waals surface area contributed by atoms with Crippen LogP contribution in [0.15, 0.2) is 85.1 Å². The van der Waals surface area contributed by atoms with E-state index in [1.165, 1.54) is 122 Å². The maximum absolute atomic E-state index is 12.8. The van der Waals surface area contributed by atoms with E-state index in [4.69, 9.17) is 14.2 Å². The molecule has 0 radical (unpaired) electrons. The van der Waals surface area contributed by atoms with Crippen molar-refractivity contribution in [2.24, 2.45) is 0 Å². The van der Waals surface area contributed by atoms with E-state index in [2.05, 4.69) is 106 Å². The van der Waals surface area contributed by atoms with Crippen LogP contribution in [0.5, 0.6) is 0 Å². The molecule has 1 atom stereocenters. The lowest BCUT2D eigenvalue weighted by atomic mass is 10.0. The summed E-state index contributed by atoms with van der Waals surface area (Å²) in [6.07, 6.45) is 72.9. The fraction of sp³-hybridized carbons (Fsp3) is 0.726. The van der Waals surface area contributed by atoms with Crippen molar-refractivity contribution in [2.75, 3.05) is 13.2 Å². The zero-order chi connectivity index (χ0) is 49.3. The molecule has 0 aliphatic heterocycles. The summed E-state index contributed by atoms with van der Waals surface area (Å²) in [5.41, 5.74) is 0. The molecule has 0 spiro atoms. The van der Waals surface area contributed by atoms with E-state index < -0.39 is 6.10 Å². The van der Waals surface area contributed by atoms with Crippen LogP contribution in [0.4, 0.5) is 0 Å². The molecule has 6 nitrogen and oxygen atoms in total. The molecule has 0 fully saturated rings. The van der Waals surface area contributed by atoms with Crippen LogP contribution in [0.2, 0.25) is 0 Å². The van der Waals surface area contributed by atoms with Gasteiger partial charge in [0.05, 0.1) is 0 Å². The third kappa shape index (κ3) is 53.5. The molecule has 0 heterocycles. The number of allylic oxidation sites excluding steroid dienone is 14. The largest absolute Gasteiger partial charge is 0.462 e. The zero-order valence-corrected chi connectivity index (χ0v) is 44.6. The number of esters is 3. The Labute approximate surface area is 420 Å². The summed E-state index contributed by atoms with van der Waals surface area (Å²) in [6, 6.07) is 0. The summed E-state index contributed by atoms with van der Waals surface area (Å²) in [6.45, 7) is 6.45. The fourth-order valence-electron chi connectivity index (χ4n) is 7.85. The first-order valence-electron chi connectivity index (χ1n) is 28.6. The van der Waals surface area contributed by atoms with E-state index in [-0.39, 0.29) is 37.5 Å². The highest BCUT2D eigenvalue weighted by Gasteiger charge is 2.19. The van der Waals surface area contributed by atoms with E-state index in [0.29, 0.717) is 19.3 Å². The SMILES string of the molecule is CC/C=C/C/C=C/C/C=C/C/C=C/C/C=C/CCCC(=O)O[C@H](COC(=O)CCCCCCC/C=C/C/C=C/CCCC)COC(=O)CCCCCCCCCCCCCCCCCCCCC. The van der Waals surface area contributed by atoms with E-state index in [0.717, 1.165) is 103 Å². The van der Waals surface area contributed by atoms with E-state index >= 15 is 0 Å². The first kappa shape index (κ1) is 64.6. The van der Waals surface area contributed by atoms with Gasteiger partial charge in [-0.15, -0.1) is 0 Å². The summed E-state index contributed by atoms with van der Waals surface area (Å²) in [7, 11) is 0. The van der Waals surface area contributed by atoms with Gasteiger partial charge in [0.25, 0.3) is 0 Å². The summed E-state index contributed by atoms with van der Waals surface area (Å²) in [5.74, 6) is -0.969. The molecule has 0 unspecified atom stereocenters. The van der Waals surface area contributed by atoms with Crippen LogP contribution in [0, 0.1) is 0 Å². The van der Waals surface area contributed by atoms with Crippen LogP contribution in [0.1, 0.15) is 271 Å². The third-order valence-corrected chi connectivity index (χ3v) is 12.1. The predicted octanol–water partition coefficient (Wildman–Crippen LogP) is 19.2.